The maximum atomic E-state index is 12.4. The second-order valence-corrected chi connectivity index (χ2v) is 5.29. The second-order valence-electron chi connectivity index (χ2n) is 4.85. The van der Waals surface area contributed by atoms with Gasteiger partial charge in [0, 0.05) is 10.7 Å². The number of anilines is 1. The number of ether oxygens (including phenoxy) is 1. The van der Waals surface area contributed by atoms with Crippen molar-refractivity contribution >= 4 is 29.4 Å². The average Bonchev–Trinajstić information content (AvgIpc) is 3.09. The van der Waals surface area contributed by atoms with Crippen LogP contribution in [-0.2, 0) is 4.74 Å². The summed E-state index contributed by atoms with van der Waals surface area (Å²) in [4.78, 5) is 24.3. The minimum absolute atomic E-state index is 0.124. The number of hydrogen-bond acceptors (Lipinski definition) is 3. The number of hydrogen-bond donors (Lipinski definition) is 1. The van der Waals surface area contributed by atoms with Gasteiger partial charge in [0.05, 0.1) is 19.2 Å². The van der Waals surface area contributed by atoms with Gasteiger partial charge in [-0.1, -0.05) is 23.8 Å². The standard InChI is InChI=1S/C14H14ClN3O3/c1-21-14(20)18-12-7-6-11(8-12)17(18)13(19)16-10-4-2-9(15)3-5-10/h2-7,11-12H,8H2,1H3,(H,16,19)/t11-,12+/m0/s1. The molecule has 1 aromatic rings. The first-order valence-electron chi connectivity index (χ1n) is 6.51. The van der Waals surface area contributed by atoms with Crippen LogP contribution in [0.5, 0.6) is 0 Å². The molecule has 2 bridgehead atoms. The molecule has 2 atom stereocenters. The third-order valence-corrected chi connectivity index (χ3v) is 3.82. The number of amides is 3. The van der Waals surface area contributed by atoms with Gasteiger partial charge in [-0.15, -0.1) is 0 Å². The highest BCUT2D eigenvalue weighted by atomic mass is 35.5. The fraction of sp³-hybridized carbons (Fsp3) is 0.286. The van der Waals surface area contributed by atoms with Crippen LogP contribution >= 0.6 is 11.6 Å². The number of carbonyl (C=O) groups is 2. The number of benzene rings is 1. The number of hydrazine groups is 1. The first-order chi connectivity index (χ1) is 10.1. The van der Waals surface area contributed by atoms with Crippen LogP contribution in [0.4, 0.5) is 15.3 Å². The number of nitrogens with zero attached hydrogens (tertiary/aromatic N) is 2. The molecular formula is C14H14ClN3O3. The molecule has 0 unspecified atom stereocenters. The predicted octanol–water partition coefficient (Wildman–Crippen LogP) is 2.87. The molecule has 1 N–H and O–H groups in total. The maximum absolute atomic E-state index is 12.4. The average molecular weight is 308 g/mol. The van der Waals surface area contributed by atoms with Crippen molar-refractivity contribution in [1.82, 2.24) is 10.0 Å². The van der Waals surface area contributed by atoms with Crippen LogP contribution in [0.15, 0.2) is 36.4 Å². The van der Waals surface area contributed by atoms with E-state index in [1.54, 1.807) is 24.3 Å². The van der Waals surface area contributed by atoms with Crippen molar-refractivity contribution in [3.8, 4) is 0 Å². The molecule has 1 aliphatic carbocycles. The molecule has 1 aliphatic heterocycles. The molecule has 0 spiro atoms. The zero-order valence-electron chi connectivity index (χ0n) is 11.3. The summed E-state index contributed by atoms with van der Waals surface area (Å²) in [6.07, 6.45) is 3.99. The molecule has 1 fully saturated rings. The van der Waals surface area contributed by atoms with E-state index in [2.05, 4.69) is 5.32 Å². The molecule has 1 aromatic carbocycles. The van der Waals surface area contributed by atoms with E-state index in [9.17, 15) is 9.59 Å². The Morgan fingerprint density at radius 3 is 2.43 bits per heavy atom. The second kappa shape index (κ2) is 5.29. The summed E-state index contributed by atoms with van der Waals surface area (Å²) < 4.78 is 4.75. The van der Waals surface area contributed by atoms with E-state index in [1.165, 1.54) is 17.1 Å². The number of urea groups is 1. The highest BCUT2D eigenvalue weighted by Gasteiger charge is 2.47. The Kier molecular flexibility index (Phi) is 3.47. The van der Waals surface area contributed by atoms with Gasteiger partial charge in [0.1, 0.15) is 0 Å². The van der Waals surface area contributed by atoms with Crippen LogP contribution in [0, 0.1) is 0 Å². The molecule has 1 saturated heterocycles. The zero-order chi connectivity index (χ0) is 15.0. The largest absolute Gasteiger partial charge is 0.452 e. The molecule has 110 valence electrons. The fourth-order valence-corrected chi connectivity index (χ4v) is 2.75. The van der Waals surface area contributed by atoms with E-state index >= 15 is 0 Å². The molecule has 0 radical (unpaired) electrons. The quantitative estimate of drug-likeness (QED) is 0.812. The number of nitrogens with one attached hydrogen (secondary N) is 1. The van der Waals surface area contributed by atoms with E-state index in [0.29, 0.717) is 17.1 Å². The van der Waals surface area contributed by atoms with Crippen LogP contribution in [0.2, 0.25) is 5.02 Å². The lowest BCUT2D eigenvalue weighted by Crippen LogP contribution is -2.53. The van der Waals surface area contributed by atoms with E-state index in [0.717, 1.165) is 0 Å². The van der Waals surface area contributed by atoms with Crippen molar-refractivity contribution in [2.24, 2.45) is 0 Å². The van der Waals surface area contributed by atoms with Crippen molar-refractivity contribution in [3.05, 3.63) is 41.4 Å². The van der Waals surface area contributed by atoms with Crippen molar-refractivity contribution in [2.45, 2.75) is 18.5 Å². The molecule has 3 amide bonds. The van der Waals surface area contributed by atoms with E-state index < -0.39 is 6.09 Å². The Morgan fingerprint density at radius 1 is 1.19 bits per heavy atom. The number of fused-ring (bicyclic) bond motifs is 2. The lowest BCUT2D eigenvalue weighted by atomic mass is 10.2. The Labute approximate surface area is 126 Å². The molecule has 0 aromatic heterocycles. The monoisotopic (exact) mass is 307 g/mol. The molecule has 0 saturated carbocycles. The van der Waals surface area contributed by atoms with Gasteiger partial charge in [0.25, 0.3) is 0 Å². The van der Waals surface area contributed by atoms with Gasteiger partial charge in [0.2, 0.25) is 0 Å². The molecule has 2 aliphatic rings. The first kappa shape index (κ1) is 13.8. The van der Waals surface area contributed by atoms with Crippen LogP contribution in [-0.4, -0.2) is 41.3 Å². The number of rotatable bonds is 1. The highest BCUT2D eigenvalue weighted by molar-refractivity contribution is 6.30. The summed E-state index contributed by atoms with van der Waals surface area (Å²) in [5.41, 5.74) is 0.612. The fourth-order valence-electron chi connectivity index (χ4n) is 2.62. The summed E-state index contributed by atoms with van der Waals surface area (Å²) in [5.74, 6) is 0. The van der Waals surface area contributed by atoms with E-state index in [4.69, 9.17) is 16.3 Å². The summed E-state index contributed by atoms with van der Waals surface area (Å²) in [6, 6.07) is 6.15. The van der Waals surface area contributed by atoms with Gasteiger partial charge in [-0.25, -0.2) is 19.6 Å². The predicted molar refractivity (Wildman–Crippen MR) is 77.9 cm³/mol. The van der Waals surface area contributed by atoms with E-state index in [-0.39, 0.29) is 18.1 Å². The van der Waals surface area contributed by atoms with Gasteiger partial charge < -0.3 is 10.1 Å². The normalized spacial score (nSPS) is 22.6. The van der Waals surface area contributed by atoms with Crippen molar-refractivity contribution in [1.29, 1.82) is 0 Å². The lowest BCUT2D eigenvalue weighted by molar-refractivity contribution is 0.0256. The molecule has 6 nitrogen and oxygen atoms in total. The summed E-state index contributed by atoms with van der Waals surface area (Å²) in [7, 11) is 1.30. The molecule has 3 rings (SSSR count). The smallest absolute Gasteiger partial charge is 0.429 e. The van der Waals surface area contributed by atoms with Gasteiger partial charge in [-0.05, 0) is 30.7 Å². The highest BCUT2D eigenvalue weighted by Crippen LogP contribution is 2.33. The van der Waals surface area contributed by atoms with E-state index in [1.807, 2.05) is 12.2 Å². The Bertz CT molecular complexity index is 602. The van der Waals surface area contributed by atoms with Crippen molar-refractivity contribution in [2.75, 3.05) is 12.4 Å². The van der Waals surface area contributed by atoms with Crippen LogP contribution < -0.4 is 5.32 Å². The molecule has 7 heteroatoms. The SMILES string of the molecule is COC(=O)N1[C@@H]2C=C[C@@H](C2)N1C(=O)Nc1ccc(Cl)cc1. The van der Waals surface area contributed by atoms with Crippen LogP contribution in [0.1, 0.15) is 6.42 Å². The minimum Gasteiger partial charge on any atom is -0.452 e. The Morgan fingerprint density at radius 2 is 1.81 bits per heavy atom. The third kappa shape index (κ3) is 2.42. The van der Waals surface area contributed by atoms with Gasteiger partial charge in [-0.2, -0.15) is 0 Å². The van der Waals surface area contributed by atoms with Gasteiger partial charge in [-0.3, -0.25) is 0 Å². The number of methoxy groups -OCH3 is 1. The minimum atomic E-state index is -0.543. The number of carbonyl (C=O) groups excluding carboxylic acids is 2. The first-order valence-corrected chi connectivity index (χ1v) is 6.89. The lowest BCUT2D eigenvalue weighted by Gasteiger charge is -2.34. The van der Waals surface area contributed by atoms with Crippen molar-refractivity contribution < 1.29 is 14.3 Å². The summed E-state index contributed by atoms with van der Waals surface area (Å²) in [5, 5.41) is 6.08. The molecular weight excluding hydrogens is 294 g/mol. The zero-order valence-corrected chi connectivity index (χ0v) is 12.1. The Hall–Kier alpha value is -2.21. The summed E-state index contributed by atoms with van der Waals surface area (Å²) >= 11 is 5.81. The van der Waals surface area contributed by atoms with Crippen molar-refractivity contribution in [3.63, 3.8) is 0 Å². The Balaban J connectivity index is 1.78. The molecule has 21 heavy (non-hydrogen) atoms. The van der Waals surface area contributed by atoms with Crippen LogP contribution in [0.25, 0.3) is 0 Å². The maximum Gasteiger partial charge on any atom is 0.429 e. The summed E-state index contributed by atoms with van der Waals surface area (Å²) in [6.45, 7) is 0. The topological polar surface area (TPSA) is 61.9 Å². The van der Waals surface area contributed by atoms with Gasteiger partial charge in [0.15, 0.2) is 0 Å². The third-order valence-electron chi connectivity index (χ3n) is 3.56. The van der Waals surface area contributed by atoms with Gasteiger partial charge >= 0.3 is 12.1 Å². The number of halogens is 1. The molecule has 1 heterocycles. The van der Waals surface area contributed by atoms with Crippen LogP contribution in [0.3, 0.4) is 0 Å².